The van der Waals surface area contributed by atoms with E-state index in [1.54, 1.807) is 0 Å². The molecule has 0 spiro atoms. The van der Waals surface area contributed by atoms with Gasteiger partial charge in [0, 0.05) is 12.1 Å². The van der Waals surface area contributed by atoms with Crippen molar-refractivity contribution in [2.75, 3.05) is 11.1 Å². The first kappa shape index (κ1) is 13.6. The first-order chi connectivity index (χ1) is 9.17. The van der Waals surface area contributed by atoms with Crippen LogP contribution in [0.3, 0.4) is 0 Å². The van der Waals surface area contributed by atoms with Gasteiger partial charge in [0.15, 0.2) is 0 Å². The predicted octanol–water partition coefficient (Wildman–Crippen LogP) is 2.41. The lowest BCUT2D eigenvalue weighted by Gasteiger charge is -2.04. The average molecular weight is 276 g/mol. The summed E-state index contributed by atoms with van der Waals surface area (Å²) in [5.41, 5.74) is 1.97. The number of carbonyl (C=O) groups excluding carboxylic acids is 1. The smallest absolute Gasteiger partial charge is 0.234 e. The highest BCUT2D eigenvalue weighted by Gasteiger charge is 2.07. The molecule has 0 radical (unpaired) electrons. The van der Waals surface area contributed by atoms with Gasteiger partial charge in [-0.05, 0) is 19.1 Å². The number of nitrogens with one attached hydrogen (secondary N) is 2. The molecule has 2 N–H and O–H groups in total. The zero-order valence-corrected chi connectivity index (χ0v) is 11.8. The number of anilines is 1. The van der Waals surface area contributed by atoms with Gasteiger partial charge in [0.05, 0.1) is 5.75 Å². The summed E-state index contributed by atoms with van der Waals surface area (Å²) in [6.07, 6.45) is 0.809. The quantitative estimate of drug-likeness (QED) is 0.823. The minimum Gasteiger partial charge on any atom is -0.325 e. The van der Waals surface area contributed by atoms with Gasteiger partial charge < -0.3 is 5.32 Å². The summed E-state index contributed by atoms with van der Waals surface area (Å²) in [6.45, 7) is 4.01. The van der Waals surface area contributed by atoms with Gasteiger partial charge in [0.1, 0.15) is 5.82 Å². The van der Waals surface area contributed by atoms with Crippen LogP contribution in [0.25, 0.3) is 0 Å². The number of nitrogens with zero attached hydrogens (tertiary/aromatic N) is 2. The zero-order chi connectivity index (χ0) is 13.7. The van der Waals surface area contributed by atoms with E-state index in [-0.39, 0.29) is 5.91 Å². The van der Waals surface area contributed by atoms with Crippen LogP contribution in [0.5, 0.6) is 0 Å². The van der Waals surface area contributed by atoms with Crippen LogP contribution in [0.15, 0.2) is 29.4 Å². The van der Waals surface area contributed by atoms with Crippen LogP contribution < -0.4 is 5.32 Å². The first-order valence-corrected chi connectivity index (χ1v) is 7.06. The Morgan fingerprint density at radius 3 is 2.74 bits per heavy atom. The number of aryl methyl sites for hydroxylation is 2. The molecular weight excluding hydrogens is 260 g/mol. The SMILES string of the molecule is CCc1nc(SCC(=O)Nc2ccc(C)cc2)n[nH]1. The predicted molar refractivity (Wildman–Crippen MR) is 76.3 cm³/mol. The Labute approximate surface area is 116 Å². The van der Waals surface area contributed by atoms with Crippen LogP contribution in [-0.4, -0.2) is 26.8 Å². The van der Waals surface area contributed by atoms with E-state index in [4.69, 9.17) is 0 Å². The fourth-order valence-corrected chi connectivity index (χ4v) is 2.08. The summed E-state index contributed by atoms with van der Waals surface area (Å²) in [5, 5.41) is 10.3. The summed E-state index contributed by atoms with van der Waals surface area (Å²) < 4.78 is 0. The van der Waals surface area contributed by atoms with Gasteiger partial charge >= 0.3 is 0 Å². The molecule has 100 valence electrons. The molecule has 0 bridgehead atoms. The molecule has 0 saturated carbocycles. The van der Waals surface area contributed by atoms with Gasteiger partial charge in [0.25, 0.3) is 0 Å². The highest BCUT2D eigenvalue weighted by molar-refractivity contribution is 7.99. The Balaban J connectivity index is 1.82. The monoisotopic (exact) mass is 276 g/mol. The second-order valence-electron chi connectivity index (χ2n) is 4.12. The minimum atomic E-state index is -0.0586. The molecule has 1 amide bonds. The van der Waals surface area contributed by atoms with Crippen LogP contribution in [0.2, 0.25) is 0 Å². The summed E-state index contributed by atoms with van der Waals surface area (Å²) in [7, 11) is 0. The summed E-state index contributed by atoms with van der Waals surface area (Å²) in [6, 6.07) is 7.71. The Bertz CT molecular complexity index is 550. The number of amides is 1. The molecule has 0 saturated heterocycles. The fraction of sp³-hybridized carbons (Fsp3) is 0.308. The Kier molecular flexibility index (Phi) is 4.57. The van der Waals surface area contributed by atoms with E-state index in [0.29, 0.717) is 10.9 Å². The third-order valence-corrected chi connectivity index (χ3v) is 3.36. The standard InChI is InChI=1S/C13H16N4OS/c1-3-11-15-13(17-16-11)19-8-12(18)14-10-6-4-9(2)5-7-10/h4-7H,3,8H2,1-2H3,(H,14,18)(H,15,16,17). The topological polar surface area (TPSA) is 70.7 Å². The second-order valence-corrected chi connectivity index (χ2v) is 5.06. The summed E-state index contributed by atoms with van der Waals surface area (Å²) in [5.74, 6) is 1.08. The van der Waals surface area contributed by atoms with E-state index >= 15 is 0 Å². The maximum atomic E-state index is 11.7. The molecule has 0 aliphatic heterocycles. The second kappa shape index (κ2) is 6.38. The van der Waals surface area contributed by atoms with Gasteiger partial charge in [-0.3, -0.25) is 9.89 Å². The number of thioether (sulfide) groups is 1. The molecule has 0 unspecified atom stereocenters. The van der Waals surface area contributed by atoms with E-state index in [1.807, 2.05) is 38.1 Å². The summed E-state index contributed by atoms with van der Waals surface area (Å²) >= 11 is 1.32. The van der Waals surface area contributed by atoms with Crippen molar-refractivity contribution in [2.45, 2.75) is 25.4 Å². The van der Waals surface area contributed by atoms with Crippen LogP contribution in [0.4, 0.5) is 5.69 Å². The highest BCUT2D eigenvalue weighted by atomic mass is 32.2. The molecule has 0 fully saturated rings. The Hall–Kier alpha value is -1.82. The van der Waals surface area contributed by atoms with E-state index in [9.17, 15) is 4.79 Å². The van der Waals surface area contributed by atoms with E-state index in [2.05, 4.69) is 20.5 Å². The maximum absolute atomic E-state index is 11.7. The average Bonchev–Trinajstić information content (AvgIpc) is 2.87. The molecule has 6 heteroatoms. The fourth-order valence-electron chi connectivity index (χ4n) is 1.46. The van der Waals surface area contributed by atoms with Crippen molar-refractivity contribution >= 4 is 23.4 Å². The maximum Gasteiger partial charge on any atom is 0.234 e. The minimum absolute atomic E-state index is 0.0586. The largest absolute Gasteiger partial charge is 0.325 e. The number of carbonyl (C=O) groups is 1. The van der Waals surface area contributed by atoms with Crippen molar-refractivity contribution in [3.63, 3.8) is 0 Å². The van der Waals surface area contributed by atoms with E-state index < -0.39 is 0 Å². The van der Waals surface area contributed by atoms with Crippen molar-refractivity contribution in [1.82, 2.24) is 15.2 Å². The van der Waals surface area contributed by atoms with Crippen molar-refractivity contribution in [3.05, 3.63) is 35.7 Å². The third kappa shape index (κ3) is 4.10. The van der Waals surface area contributed by atoms with Crippen LogP contribution in [-0.2, 0) is 11.2 Å². The molecule has 2 rings (SSSR count). The van der Waals surface area contributed by atoms with Crippen molar-refractivity contribution < 1.29 is 4.79 Å². The molecule has 0 atom stereocenters. The summed E-state index contributed by atoms with van der Waals surface area (Å²) in [4.78, 5) is 16.0. The van der Waals surface area contributed by atoms with Gasteiger partial charge in [0.2, 0.25) is 11.1 Å². The lowest BCUT2D eigenvalue weighted by molar-refractivity contribution is -0.113. The third-order valence-electron chi connectivity index (χ3n) is 2.51. The molecule has 1 aromatic carbocycles. The zero-order valence-electron chi connectivity index (χ0n) is 10.9. The van der Waals surface area contributed by atoms with Gasteiger partial charge in [-0.15, -0.1) is 5.10 Å². The van der Waals surface area contributed by atoms with Crippen molar-refractivity contribution in [2.24, 2.45) is 0 Å². The molecule has 1 aromatic heterocycles. The van der Waals surface area contributed by atoms with Crippen molar-refractivity contribution in [3.8, 4) is 0 Å². The van der Waals surface area contributed by atoms with Crippen LogP contribution >= 0.6 is 11.8 Å². The number of hydrogen-bond donors (Lipinski definition) is 2. The number of benzene rings is 1. The Morgan fingerprint density at radius 2 is 2.11 bits per heavy atom. The van der Waals surface area contributed by atoms with Gasteiger partial charge in [-0.2, -0.15) is 0 Å². The molecule has 0 aliphatic rings. The molecule has 5 nitrogen and oxygen atoms in total. The van der Waals surface area contributed by atoms with Gasteiger partial charge in [-0.1, -0.05) is 36.4 Å². The van der Waals surface area contributed by atoms with E-state index in [0.717, 1.165) is 17.9 Å². The van der Waals surface area contributed by atoms with Crippen molar-refractivity contribution in [1.29, 1.82) is 0 Å². The number of rotatable bonds is 5. The normalized spacial score (nSPS) is 10.4. The lowest BCUT2D eigenvalue weighted by atomic mass is 10.2. The van der Waals surface area contributed by atoms with Crippen LogP contribution in [0.1, 0.15) is 18.3 Å². The number of H-pyrrole nitrogens is 1. The lowest BCUT2D eigenvalue weighted by Crippen LogP contribution is -2.14. The van der Waals surface area contributed by atoms with Crippen LogP contribution in [0, 0.1) is 6.92 Å². The number of aromatic amines is 1. The molecule has 2 aromatic rings. The Morgan fingerprint density at radius 1 is 1.37 bits per heavy atom. The van der Waals surface area contributed by atoms with E-state index in [1.165, 1.54) is 17.3 Å². The number of hydrogen-bond acceptors (Lipinski definition) is 4. The first-order valence-electron chi connectivity index (χ1n) is 6.08. The molecular formula is C13H16N4OS. The molecule has 19 heavy (non-hydrogen) atoms. The molecule has 1 heterocycles. The highest BCUT2D eigenvalue weighted by Crippen LogP contribution is 2.14. The molecule has 0 aliphatic carbocycles. The van der Waals surface area contributed by atoms with Gasteiger partial charge in [-0.25, -0.2) is 4.98 Å². The number of aromatic nitrogens is 3.